The molecule has 0 aliphatic rings. The van der Waals surface area contributed by atoms with Crippen molar-refractivity contribution in [2.45, 2.75) is 6.42 Å². The van der Waals surface area contributed by atoms with Crippen LogP contribution in [-0.2, 0) is 7.05 Å². The Morgan fingerprint density at radius 1 is 1.33 bits per heavy atom. The Morgan fingerprint density at radius 3 is 2.57 bits per heavy atom. The number of ether oxygens (including phenoxy) is 1. The van der Waals surface area contributed by atoms with Crippen molar-refractivity contribution in [3.05, 3.63) is 30.0 Å². The minimum absolute atomic E-state index is 0. The molecule has 0 saturated heterocycles. The molecule has 0 unspecified atom stereocenters. The smallest absolute Gasteiger partial charge is 0.166 e. The second kappa shape index (κ2) is 8.02. The van der Waals surface area contributed by atoms with Gasteiger partial charge in [0.05, 0.1) is 7.11 Å². The molecule has 6 heteroatoms. The third kappa shape index (κ3) is 4.20. The molecule has 2 aromatic rings. The van der Waals surface area contributed by atoms with Gasteiger partial charge in [-0.1, -0.05) is 0 Å². The van der Waals surface area contributed by atoms with E-state index < -0.39 is 0 Å². The van der Waals surface area contributed by atoms with Gasteiger partial charge >= 0.3 is 0 Å². The van der Waals surface area contributed by atoms with Crippen LogP contribution >= 0.6 is 12.4 Å². The average Bonchev–Trinajstić information content (AvgIpc) is 2.73. The van der Waals surface area contributed by atoms with E-state index in [4.69, 9.17) is 4.74 Å². The maximum absolute atomic E-state index is 12.3. The van der Waals surface area contributed by atoms with Crippen molar-refractivity contribution < 1.29 is 15.0 Å². The lowest BCUT2D eigenvalue weighted by Crippen LogP contribution is -2.16. The number of benzene rings is 1. The maximum Gasteiger partial charge on any atom is 0.166 e. The molecule has 5 nitrogen and oxygen atoms in total. The molecule has 0 atom stereocenters. The Hall–Kier alpha value is -1.56. The fraction of sp³-hybridized carbons (Fsp3) is 0.400. The summed E-state index contributed by atoms with van der Waals surface area (Å²) in [5.41, 5.74) is 1.83. The Labute approximate surface area is 131 Å². The van der Waals surface area contributed by atoms with Crippen LogP contribution in [0.15, 0.2) is 24.4 Å². The molecule has 0 fully saturated rings. The predicted molar refractivity (Wildman–Crippen MR) is 87.8 cm³/mol. The zero-order valence-corrected chi connectivity index (χ0v) is 13.7. The number of carbonyl (C=O) groups is 1. The lowest BCUT2D eigenvalue weighted by Gasteiger charge is -2.07. The summed E-state index contributed by atoms with van der Waals surface area (Å²) in [7, 11) is 7.54. The third-order valence-electron chi connectivity index (χ3n) is 3.28. The van der Waals surface area contributed by atoms with Crippen molar-refractivity contribution in [1.29, 1.82) is 0 Å². The van der Waals surface area contributed by atoms with Crippen molar-refractivity contribution in [2.24, 2.45) is 7.05 Å². The standard InChI is InChI=1S/C15H20N2O2.ClH.H2O/c1-16(2)8-7-15(18)13-10-17(3)14-6-5-11(19-4)9-12(13)14;;/h5-6,9-10H,7-8H2,1-4H3;1H;1H2. The number of aromatic nitrogens is 1. The Morgan fingerprint density at radius 2 is 2.00 bits per heavy atom. The fourth-order valence-corrected chi connectivity index (χ4v) is 2.18. The van der Waals surface area contributed by atoms with Gasteiger partial charge in [0.1, 0.15) is 5.75 Å². The zero-order valence-electron chi connectivity index (χ0n) is 12.8. The number of carbonyl (C=O) groups excluding carboxylic acids is 1. The fourth-order valence-electron chi connectivity index (χ4n) is 2.18. The first kappa shape index (κ1) is 19.4. The third-order valence-corrected chi connectivity index (χ3v) is 3.28. The SMILES string of the molecule is COc1ccc2c(c1)c(C(=O)CCN(C)C)cn2C.Cl.O. The molecule has 0 radical (unpaired) electrons. The summed E-state index contributed by atoms with van der Waals surface area (Å²) in [4.78, 5) is 14.3. The molecule has 1 heterocycles. The van der Waals surface area contributed by atoms with E-state index in [2.05, 4.69) is 0 Å². The highest BCUT2D eigenvalue weighted by Gasteiger charge is 2.14. The number of halogens is 1. The van der Waals surface area contributed by atoms with Gasteiger partial charge in [-0.05, 0) is 32.3 Å². The van der Waals surface area contributed by atoms with Crippen LogP contribution in [0.5, 0.6) is 5.75 Å². The van der Waals surface area contributed by atoms with Gasteiger partial charge in [0.15, 0.2) is 5.78 Å². The van der Waals surface area contributed by atoms with Crippen LogP contribution in [0.4, 0.5) is 0 Å². The Bertz CT molecular complexity index is 608. The number of hydrogen-bond acceptors (Lipinski definition) is 3. The predicted octanol–water partition coefficient (Wildman–Crippen LogP) is 1.92. The molecule has 2 rings (SSSR count). The number of hydrogen-bond donors (Lipinski definition) is 0. The molecule has 118 valence electrons. The molecule has 0 saturated carbocycles. The van der Waals surface area contributed by atoms with Crippen LogP contribution in [0, 0.1) is 0 Å². The van der Waals surface area contributed by atoms with Crippen molar-refractivity contribution in [3.8, 4) is 5.75 Å². The quantitative estimate of drug-likeness (QED) is 0.792. The van der Waals surface area contributed by atoms with Crippen LogP contribution < -0.4 is 4.74 Å². The van der Waals surface area contributed by atoms with Gasteiger partial charge in [-0.2, -0.15) is 0 Å². The highest BCUT2D eigenvalue weighted by molar-refractivity contribution is 6.08. The number of rotatable bonds is 5. The van der Waals surface area contributed by atoms with Gasteiger partial charge < -0.3 is 19.7 Å². The number of aryl methyl sites for hydroxylation is 1. The minimum atomic E-state index is 0. The number of ketones is 1. The molecule has 21 heavy (non-hydrogen) atoms. The summed E-state index contributed by atoms with van der Waals surface area (Å²) in [6.45, 7) is 0.763. The highest BCUT2D eigenvalue weighted by Crippen LogP contribution is 2.26. The normalized spacial score (nSPS) is 10.1. The minimum Gasteiger partial charge on any atom is -0.497 e. The van der Waals surface area contributed by atoms with Crippen LogP contribution in [0.25, 0.3) is 10.9 Å². The zero-order chi connectivity index (χ0) is 14.0. The van der Waals surface area contributed by atoms with E-state index in [0.717, 1.165) is 28.8 Å². The van der Waals surface area contributed by atoms with Crippen LogP contribution in [0.2, 0.25) is 0 Å². The van der Waals surface area contributed by atoms with E-state index in [-0.39, 0.29) is 23.7 Å². The first-order valence-electron chi connectivity index (χ1n) is 6.34. The Balaban J connectivity index is 0.00000200. The van der Waals surface area contributed by atoms with Gasteiger partial charge in [-0.3, -0.25) is 4.79 Å². The molecule has 0 aliphatic heterocycles. The molecule has 2 N–H and O–H groups in total. The first-order valence-corrected chi connectivity index (χ1v) is 6.34. The molecule has 0 amide bonds. The molecular weight excluding hydrogens is 292 g/mol. The van der Waals surface area contributed by atoms with E-state index in [1.165, 1.54) is 0 Å². The largest absolute Gasteiger partial charge is 0.497 e. The van der Waals surface area contributed by atoms with Gasteiger partial charge in [0.25, 0.3) is 0 Å². The average molecular weight is 315 g/mol. The summed E-state index contributed by atoms with van der Waals surface area (Å²) in [6.07, 6.45) is 2.44. The van der Waals surface area contributed by atoms with Crippen molar-refractivity contribution in [3.63, 3.8) is 0 Å². The first-order chi connectivity index (χ1) is 9.02. The van der Waals surface area contributed by atoms with E-state index in [1.807, 2.05) is 55.0 Å². The van der Waals surface area contributed by atoms with Crippen molar-refractivity contribution in [2.75, 3.05) is 27.7 Å². The van der Waals surface area contributed by atoms with E-state index in [9.17, 15) is 4.79 Å². The molecule has 1 aromatic carbocycles. The van der Waals surface area contributed by atoms with E-state index in [1.54, 1.807) is 7.11 Å². The molecule has 0 spiro atoms. The van der Waals surface area contributed by atoms with E-state index >= 15 is 0 Å². The summed E-state index contributed by atoms with van der Waals surface area (Å²) in [5.74, 6) is 0.952. The second-order valence-corrected chi connectivity index (χ2v) is 5.01. The van der Waals surface area contributed by atoms with Crippen LogP contribution in [0.1, 0.15) is 16.8 Å². The highest BCUT2D eigenvalue weighted by atomic mass is 35.5. The topological polar surface area (TPSA) is 66.0 Å². The second-order valence-electron chi connectivity index (χ2n) is 5.01. The number of nitrogens with zero attached hydrogens (tertiary/aromatic N) is 2. The summed E-state index contributed by atoms with van der Waals surface area (Å²) in [6, 6.07) is 5.82. The van der Waals surface area contributed by atoms with Gasteiger partial charge in [0.2, 0.25) is 0 Å². The van der Waals surface area contributed by atoms with Crippen LogP contribution in [0.3, 0.4) is 0 Å². The molecule has 0 aliphatic carbocycles. The molecule has 0 bridgehead atoms. The van der Waals surface area contributed by atoms with E-state index in [0.29, 0.717) is 6.42 Å². The van der Waals surface area contributed by atoms with Gasteiger partial charge in [-0.15, -0.1) is 12.4 Å². The van der Waals surface area contributed by atoms with Crippen LogP contribution in [-0.4, -0.2) is 48.5 Å². The van der Waals surface area contributed by atoms with Gasteiger partial charge in [-0.25, -0.2) is 0 Å². The lowest BCUT2D eigenvalue weighted by atomic mass is 10.1. The lowest BCUT2D eigenvalue weighted by molar-refractivity contribution is 0.0974. The maximum atomic E-state index is 12.3. The number of methoxy groups -OCH3 is 1. The summed E-state index contributed by atoms with van der Waals surface area (Å²) in [5, 5.41) is 0.964. The molecular formula is C15H23ClN2O3. The van der Waals surface area contributed by atoms with Crippen molar-refractivity contribution >= 4 is 29.1 Å². The summed E-state index contributed by atoms with van der Waals surface area (Å²) < 4.78 is 7.22. The number of Topliss-reactive ketones (excluding diaryl/α,β-unsaturated/α-hetero) is 1. The van der Waals surface area contributed by atoms with Gasteiger partial charge in [0, 0.05) is 42.7 Å². The molecule has 1 aromatic heterocycles. The van der Waals surface area contributed by atoms with Crippen molar-refractivity contribution in [1.82, 2.24) is 9.47 Å². The number of fused-ring (bicyclic) bond motifs is 1. The Kier molecular flexibility index (Phi) is 7.43. The summed E-state index contributed by atoms with van der Waals surface area (Å²) >= 11 is 0. The monoisotopic (exact) mass is 314 g/mol.